The Balaban J connectivity index is 1.87. The number of nitrogens with one attached hydrogen (secondary N) is 1. The quantitative estimate of drug-likeness (QED) is 0.860. The molecular formula is C17H21NO5. The number of benzene rings is 1. The lowest BCUT2D eigenvalue weighted by molar-refractivity contribution is -0.185. The Morgan fingerprint density at radius 2 is 2.09 bits per heavy atom. The predicted octanol–water partition coefficient (Wildman–Crippen LogP) is 2.11. The highest BCUT2D eigenvalue weighted by Gasteiger charge is 2.45. The minimum Gasteiger partial charge on any atom is -0.463 e. The maximum atomic E-state index is 11.4. The van der Waals surface area contributed by atoms with Gasteiger partial charge in [0.25, 0.3) is 0 Å². The van der Waals surface area contributed by atoms with Gasteiger partial charge in [0, 0.05) is 31.5 Å². The van der Waals surface area contributed by atoms with Crippen molar-refractivity contribution in [2.24, 2.45) is 0 Å². The first-order valence-electron chi connectivity index (χ1n) is 7.77. The van der Waals surface area contributed by atoms with Gasteiger partial charge in [-0.2, -0.15) is 0 Å². The van der Waals surface area contributed by atoms with Crippen LogP contribution in [0.15, 0.2) is 18.2 Å². The number of fused-ring (bicyclic) bond motifs is 4. The molecule has 0 unspecified atom stereocenters. The van der Waals surface area contributed by atoms with E-state index in [2.05, 4.69) is 11.4 Å². The van der Waals surface area contributed by atoms with E-state index in [-0.39, 0.29) is 30.7 Å². The van der Waals surface area contributed by atoms with Crippen molar-refractivity contribution in [1.29, 1.82) is 0 Å². The second-order valence-electron chi connectivity index (χ2n) is 6.12. The number of ether oxygens (including phenoxy) is 3. The molecule has 1 aromatic rings. The van der Waals surface area contributed by atoms with Crippen LogP contribution in [0.1, 0.15) is 37.5 Å². The highest BCUT2D eigenvalue weighted by Crippen LogP contribution is 2.42. The summed E-state index contributed by atoms with van der Waals surface area (Å²) in [6.45, 7) is 4.83. The van der Waals surface area contributed by atoms with Gasteiger partial charge in [-0.25, -0.2) is 0 Å². The van der Waals surface area contributed by atoms with Crippen LogP contribution in [-0.4, -0.2) is 36.8 Å². The molecule has 3 rings (SSSR count). The van der Waals surface area contributed by atoms with Gasteiger partial charge in [-0.1, -0.05) is 17.7 Å². The lowest BCUT2D eigenvalue weighted by atomic mass is 9.86. The summed E-state index contributed by atoms with van der Waals surface area (Å²) in [6, 6.07) is 6.08. The molecule has 0 spiro atoms. The standard InChI is InChI=1S/C17H21NO5/c1-9-4-5-13-12(6-9)15-7-14(18-13)17(22-11(3)20)16(23-15)8-21-10(2)19/h4-6,14-18H,7-8H2,1-3H3/t14-,15-,16-,17+/m0/s1. The third kappa shape index (κ3) is 3.32. The van der Waals surface area contributed by atoms with Crippen LogP contribution in [0.25, 0.3) is 0 Å². The van der Waals surface area contributed by atoms with Crippen molar-refractivity contribution in [3.63, 3.8) is 0 Å². The predicted molar refractivity (Wildman–Crippen MR) is 83.0 cm³/mol. The Kier molecular flexibility index (Phi) is 4.26. The smallest absolute Gasteiger partial charge is 0.303 e. The summed E-state index contributed by atoms with van der Waals surface area (Å²) in [6.07, 6.45) is -0.348. The van der Waals surface area contributed by atoms with E-state index in [0.29, 0.717) is 6.42 Å². The molecule has 1 N–H and O–H groups in total. The molecule has 1 aromatic carbocycles. The van der Waals surface area contributed by atoms with Crippen LogP contribution in [0, 0.1) is 6.92 Å². The van der Waals surface area contributed by atoms with Crippen LogP contribution >= 0.6 is 0 Å². The molecule has 2 heterocycles. The van der Waals surface area contributed by atoms with Gasteiger partial charge in [0.2, 0.25) is 0 Å². The molecule has 2 bridgehead atoms. The normalized spacial score (nSPS) is 28.3. The maximum absolute atomic E-state index is 11.4. The number of esters is 2. The number of hydrogen-bond donors (Lipinski definition) is 1. The highest BCUT2D eigenvalue weighted by molar-refractivity contribution is 5.67. The monoisotopic (exact) mass is 319 g/mol. The van der Waals surface area contributed by atoms with E-state index in [4.69, 9.17) is 14.2 Å². The molecule has 1 saturated heterocycles. The lowest BCUT2D eigenvalue weighted by Crippen LogP contribution is -2.54. The van der Waals surface area contributed by atoms with Crippen LogP contribution in [0.3, 0.4) is 0 Å². The summed E-state index contributed by atoms with van der Waals surface area (Å²) in [5.41, 5.74) is 3.25. The minimum absolute atomic E-state index is 0.0617. The number of aryl methyl sites for hydroxylation is 1. The van der Waals surface area contributed by atoms with E-state index in [1.807, 2.05) is 19.1 Å². The molecule has 0 amide bonds. The molecule has 2 aliphatic heterocycles. The molecule has 0 saturated carbocycles. The molecule has 1 fully saturated rings. The van der Waals surface area contributed by atoms with Gasteiger partial charge in [-0.05, 0) is 13.0 Å². The summed E-state index contributed by atoms with van der Waals surface area (Å²) >= 11 is 0. The van der Waals surface area contributed by atoms with Gasteiger partial charge in [0.15, 0.2) is 6.10 Å². The van der Waals surface area contributed by atoms with Crippen molar-refractivity contribution in [1.82, 2.24) is 0 Å². The van der Waals surface area contributed by atoms with Crippen molar-refractivity contribution >= 4 is 17.6 Å². The Hall–Kier alpha value is -2.08. The van der Waals surface area contributed by atoms with Crippen molar-refractivity contribution in [3.05, 3.63) is 29.3 Å². The molecule has 2 aliphatic rings. The van der Waals surface area contributed by atoms with E-state index >= 15 is 0 Å². The van der Waals surface area contributed by atoms with Crippen LogP contribution in [0.4, 0.5) is 5.69 Å². The lowest BCUT2D eigenvalue weighted by Gasteiger charge is -2.45. The van der Waals surface area contributed by atoms with Crippen molar-refractivity contribution in [2.45, 2.75) is 51.5 Å². The van der Waals surface area contributed by atoms with Crippen molar-refractivity contribution < 1.29 is 23.8 Å². The van der Waals surface area contributed by atoms with Crippen LogP contribution in [0.5, 0.6) is 0 Å². The zero-order valence-electron chi connectivity index (χ0n) is 13.5. The molecular weight excluding hydrogens is 298 g/mol. The van der Waals surface area contributed by atoms with Gasteiger partial charge in [0.1, 0.15) is 12.7 Å². The first-order valence-corrected chi connectivity index (χ1v) is 7.77. The average molecular weight is 319 g/mol. The van der Waals surface area contributed by atoms with Gasteiger partial charge in [0.05, 0.1) is 12.1 Å². The fourth-order valence-electron chi connectivity index (χ4n) is 3.27. The third-order valence-corrected chi connectivity index (χ3v) is 4.22. The maximum Gasteiger partial charge on any atom is 0.303 e. The molecule has 4 atom stereocenters. The average Bonchev–Trinajstić information content (AvgIpc) is 2.48. The molecule has 23 heavy (non-hydrogen) atoms. The second kappa shape index (κ2) is 6.20. The van der Waals surface area contributed by atoms with E-state index in [9.17, 15) is 9.59 Å². The van der Waals surface area contributed by atoms with Gasteiger partial charge >= 0.3 is 11.9 Å². The fraction of sp³-hybridized carbons (Fsp3) is 0.529. The van der Waals surface area contributed by atoms with E-state index in [0.717, 1.165) is 16.8 Å². The summed E-state index contributed by atoms with van der Waals surface area (Å²) < 4.78 is 16.6. The Labute approximate surface area is 135 Å². The molecule has 124 valence electrons. The molecule has 0 radical (unpaired) electrons. The molecule has 0 aliphatic carbocycles. The number of carbonyl (C=O) groups is 2. The summed E-state index contributed by atoms with van der Waals surface area (Å²) in [7, 11) is 0. The summed E-state index contributed by atoms with van der Waals surface area (Å²) in [5.74, 6) is -0.753. The first-order chi connectivity index (χ1) is 10.9. The largest absolute Gasteiger partial charge is 0.463 e. The molecule has 0 aromatic heterocycles. The Morgan fingerprint density at radius 1 is 1.30 bits per heavy atom. The number of anilines is 1. The van der Waals surface area contributed by atoms with Gasteiger partial charge in [-0.3, -0.25) is 9.59 Å². The highest BCUT2D eigenvalue weighted by atomic mass is 16.6. The van der Waals surface area contributed by atoms with Gasteiger partial charge in [-0.15, -0.1) is 0 Å². The number of hydrogen-bond acceptors (Lipinski definition) is 6. The van der Waals surface area contributed by atoms with E-state index in [1.165, 1.54) is 13.8 Å². The first kappa shape index (κ1) is 15.8. The van der Waals surface area contributed by atoms with E-state index < -0.39 is 12.2 Å². The second-order valence-corrected chi connectivity index (χ2v) is 6.12. The number of rotatable bonds is 3. The van der Waals surface area contributed by atoms with Crippen molar-refractivity contribution in [2.75, 3.05) is 11.9 Å². The SMILES string of the molecule is CC(=O)OC[C@@H]1O[C@H]2C[C@H](Nc3ccc(C)cc32)[C@H]1OC(C)=O. The van der Waals surface area contributed by atoms with E-state index in [1.54, 1.807) is 0 Å². The summed E-state index contributed by atoms with van der Waals surface area (Å²) in [4.78, 5) is 22.5. The topological polar surface area (TPSA) is 73.9 Å². The number of carbonyl (C=O) groups excluding carboxylic acids is 2. The Morgan fingerprint density at radius 3 is 2.78 bits per heavy atom. The van der Waals surface area contributed by atoms with Crippen LogP contribution in [0.2, 0.25) is 0 Å². The minimum atomic E-state index is -0.488. The van der Waals surface area contributed by atoms with Gasteiger partial charge < -0.3 is 19.5 Å². The molecule has 6 heteroatoms. The van der Waals surface area contributed by atoms with Crippen molar-refractivity contribution in [3.8, 4) is 0 Å². The summed E-state index contributed by atoms with van der Waals surface area (Å²) in [5, 5.41) is 3.43. The fourth-order valence-corrected chi connectivity index (χ4v) is 3.27. The van der Waals surface area contributed by atoms with Crippen LogP contribution in [-0.2, 0) is 23.8 Å². The Bertz CT molecular complexity index is 629. The third-order valence-electron chi connectivity index (χ3n) is 4.22. The zero-order valence-corrected chi connectivity index (χ0v) is 13.5. The zero-order chi connectivity index (χ0) is 16.6. The molecule has 6 nitrogen and oxygen atoms in total. The van der Waals surface area contributed by atoms with Crippen LogP contribution < -0.4 is 5.32 Å².